The van der Waals surface area contributed by atoms with Gasteiger partial charge in [0, 0.05) is 13.0 Å². The summed E-state index contributed by atoms with van der Waals surface area (Å²) in [6, 6.07) is 5.55. The first kappa shape index (κ1) is 15.4. The SMILES string of the molecule is CCCCC(=O)NCC(O)COc1ccc(F)cc1. The van der Waals surface area contributed by atoms with Crippen LogP contribution in [0.1, 0.15) is 26.2 Å². The van der Waals surface area contributed by atoms with E-state index in [0.29, 0.717) is 12.2 Å². The predicted octanol–water partition coefficient (Wildman–Crippen LogP) is 1.87. The molecule has 0 spiro atoms. The number of hydrogen-bond acceptors (Lipinski definition) is 3. The zero-order valence-electron chi connectivity index (χ0n) is 11.1. The topological polar surface area (TPSA) is 58.6 Å². The van der Waals surface area contributed by atoms with Crippen LogP contribution >= 0.6 is 0 Å². The summed E-state index contributed by atoms with van der Waals surface area (Å²) in [7, 11) is 0. The van der Waals surface area contributed by atoms with Gasteiger partial charge in [0.2, 0.25) is 5.91 Å². The second-order valence-electron chi connectivity index (χ2n) is 4.33. The van der Waals surface area contributed by atoms with Crippen molar-refractivity contribution in [1.82, 2.24) is 5.32 Å². The molecule has 0 heterocycles. The molecule has 1 atom stereocenters. The molecule has 4 nitrogen and oxygen atoms in total. The first-order chi connectivity index (χ1) is 9.11. The fourth-order valence-corrected chi connectivity index (χ4v) is 1.44. The third kappa shape index (κ3) is 6.76. The lowest BCUT2D eigenvalue weighted by Crippen LogP contribution is -2.35. The lowest BCUT2D eigenvalue weighted by atomic mass is 10.2. The molecule has 0 aliphatic heterocycles. The molecule has 1 rings (SSSR count). The number of aliphatic hydroxyl groups excluding tert-OH is 1. The van der Waals surface area contributed by atoms with Gasteiger partial charge in [0.1, 0.15) is 24.3 Å². The van der Waals surface area contributed by atoms with E-state index in [9.17, 15) is 14.3 Å². The van der Waals surface area contributed by atoms with Crippen molar-refractivity contribution < 1.29 is 19.0 Å². The second-order valence-corrected chi connectivity index (χ2v) is 4.33. The first-order valence-electron chi connectivity index (χ1n) is 6.45. The van der Waals surface area contributed by atoms with E-state index in [1.165, 1.54) is 24.3 Å². The summed E-state index contributed by atoms with van der Waals surface area (Å²) in [6.45, 7) is 2.22. The van der Waals surface area contributed by atoms with Gasteiger partial charge < -0.3 is 15.2 Å². The molecule has 0 saturated heterocycles. The van der Waals surface area contributed by atoms with Crippen molar-refractivity contribution >= 4 is 5.91 Å². The van der Waals surface area contributed by atoms with E-state index in [2.05, 4.69) is 5.32 Å². The summed E-state index contributed by atoms with van der Waals surface area (Å²) in [5.41, 5.74) is 0. The number of halogens is 1. The largest absolute Gasteiger partial charge is 0.491 e. The smallest absolute Gasteiger partial charge is 0.220 e. The zero-order valence-corrected chi connectivity index (χ0v) is 11.1. The van der Waals surface area contributed by atoms with E-state index in [1.807, 2.05) is 6.92 Å². The highest BCUT2D eigenvalue weighted by atomic mass is 19.1. The van der Waals surface area contributed by atoms with Gasteiger partial charge in [-0.2, -0.15) is 0 Å². The van der Waals surface area contributed by atoms with Crippen molar-refractivity contribution in [1.29, 1.82) is 0 Å². The minimum absolute atomic E-state index is 0.0552. The minimum atomic E-state index is -0.782. The maximum Gasteiger partial charge on any atom is 0.220 e. The maximum absolute atomic E-state index is 12.6. The predicted molar refractivity (Wildman–Crippen MR) is 70.4 cm³/mol. The lowest BCUT2D eigenvalue weighted by Gasteiger charge is -2.13. The van der Waals surface area contributed by atoms with Gasteiger partial charge in [-0.3, -0.25) is 4.79 Å². The van der Waals surface area contributed by atoms with Crippen LogP contribution in [0.3, 0.4) is 0 Å². The molecule has 5 heteroatoms. The highest BCUT2D eigenvalue weighted by molar-refractivity contribution is 5.75. The molecule has 106 valence electrons. The van der Waals surface area contributed by atoms with Gasteiger partial charge in [-0.05, 0) is 30.7 Å². The Morgan fingerprint density at radius 1 is 1.42 bits per heavy atom. The zero-order chi connectivity index (χ0) is 14.1. The van der Waals surface area contributed by atoms with Crippen LogP contribution in [0.25, 0.3) is 0 Å². The third-order valence-electron chi connectivity index (χ3n) is 2.55. The molecule has 1 unspecified atom stereocenters. The molecular weight excluding hydrogens is 249 g/mol. The number of nitrogens with one attached hydrogen (secondary N) is 1. The van der Waals surface area contributed by atoms with Gasteiger partial charge in [0.05, 0.1) is 0 Å². The van der Waals surface area contributed by atoms with Crippen molar-refractivity contribution in [3.8, 4) is 5.75 Å². The number of amides is 1. The summed E-state index contributed by atoms with van der Waals surface area (Å²) in [6.07, 6.45) is 1.50. The summed E-state index contributed by atoms with van der Waals surface area (Å²) in [5.74, 6) is 0.0801. The van der Waals surface area contributed by atoms with Gasteiger partial charge in [0.25, 0.3) is 0 Å². The molecule has 0 aliphatic rings. The van der Waals surface area contributed by atoms with E-state index >= 15 is 0 Å². The Hall–Kier alpha value is -1.62. The molecule has 0 aromatic heterocycles. The van der Waals surface area contributed by atoms with Gasteiger partial charge in [-0.15, -0.1) is 0 Å². The number of ether oxygens (including phenoxy) is 1. The van der Waals surface area contributed by atoms with Crippen LogP contribution in [-0.4, -0.2) is 30.3 Å². The van der Waals surface area contributed by atoms with Crippen LogP contribution in [0.2, 0.25) is 0 Å². The summed E-state index contributed by atoms with van der Waals surface area (Å²) < 4.78 is 17.9. The van der Waals surface area contributed by atoms with E-state index in [-0.39, 0.29) is 24.9 Å². The number of hydrogen-bond donors (Lipinski definition) is 2. The molecule has 0 radical (unpaired) electrons. The molecule has 1 amide bonds. The van der Waals surface area contributed by atoms with Gasteiger partial charge in [0.15, 0.2) is 0 Å². The Bertz CT molecular complexity index is 381. The van der Waals surface area contributed by atoms with Crippen LogP contribution in [0, 0.1) is 5.82 Å². The third-order valence-corrected chi connectivity index (χ3v) is 2.55. The van der Waals surface area contributed by atoms with Crippen molar-refractivity contribution in [3.05, 3.63) is 30.1 Å². The van der Waals surface area contributed by atoms with Gasteiger partial charge in [-0.1, -0.05) is 13.3 Å². The van der Waals surface area contributed by atoms with Crippen molar-refractivity contribution in [2.24, 2.45) is 0 Å². The number of carbonyl (C=O) groups excluding carboxylic acids is 1. The molecule has 19 heavy (non-hydrogen) atoms. The summed E-state index contributed by atoms with van der Waals surface area (Å²) in [4.78, 5) is 11.3. The van der Waals surface area contributed by atoms with E-state index in [0.717, 1.165) is 12.8 Å². The van der Waals surface area contributed by atoms with E-state index in [1.54, 1.807) is 0 Å². The van der Waals surface area contributed by atoms with Gasteiger partial charge in [-0.25, -0.2) is 4.39 Å². The van der Waals surface area contributed by atoms with Gasteiger partial charge >= 0.3 is 0 Å². The number of carbonyl (C=O) groups is 1. The molecule has 0 bridgehead atoms. The molecule has 1 aromatic carbocycles. The first-order valence-corrected chi connectivity index (χ1v) is 6.45. The normalized spacial score (nSPS) is 11.9. The maximum atomic E-state index is 12.6. The fourth-order valence-electron chi connectivity index (χ4n) is 1.44. The lowest BCUT2D eigenvalue weighted by molar-refractivity contribution is -0.121. The Kier molecular flexibility index (Phi) is 6.89. The summed E-state index contributed by atoms with van der Waals surface area (Å²) >= 11 is 0. The van der Waals surface area contributed by atoms with Crippen LogP contribution < -0.4 is 10.1 Å². The number of rotatable bonds is 8. The Morgan fingerprint density at radius 2 is 2.11 bits per heavy atom. The van der Waals surface area contributed by atoms with Crippen molar-refractivity contribution in [2.45, 2.75) is 32.3 Å². The monoisotopic (exact) mass is 269 g/mol. The van der Waals surface area contributed by atoms with Crippen LogP contribution in [0.5, 0.6) is 5.75 Å². The average molecular weight is 269 g/mol. The molecular formula is C14H20FNO3. The number of benzene rings is 1. The minimum Gasteiger partial charge on any atom is -0.491 e. The highest BCUT2D eigenvalue weighted by Crippen LogP contribution is 2.11. The molecule has 0 aliphatic carbocycles. The number of unbranched alkanes of at least 4 members (excludes halogenated alkanes) is 1. The van der Waals surface area contributed by atoms with Crippen molar-refractivity contribution in [2.75, 3.05) is 13.2 Å². The quantitative estimate of drug-likeness (QED) is 0.757. The van der Waals surface area contributed by atoms with E-state index in [4.69, 9.17) is 4.74 Å². The Labute approximate surface area is 112 Å². The molecule has 1 aromatic rings. The van der Waals surface area contributed by atoms with Crippen molar-refractivity contribution in [3.63, 3.8) is 0 Å². The standard InChI is InChI=1S/C14H20FNO3/c1-2-3-4-14(18)16-9-12(17)10-19-13-7-5-11(15)6-8-13/h5-8,12,17H,2-4,9-10H2,1H3,(H,16,18). The van der Waals surface area contributed by atoms with Crippen LogP contribution in [0.4, 0.5) is 4.39 Å². The second kappa shape index (κ2) is 8.48. The van der Waals surface area contributed by atoms with Crippen LogP contribution in [-0.2, 0) is 4.79 Å². The fraction of sp³-hybridized carbons (Fsp3) is 0.500. The molecule has 0 fully saturated rings. The Morgan fingerprint density at radius 3 is 2.74 bits per heavy atom. The van der Waals surface area contributed by atoms with Crippen LogP contribution in [0.15, 0.2) is 24.3 Å². The molecule has 2 N–H and O–H groups in total. The van der Waals surface area contributed by atoms with E-state index < -0.39 is 6.10 Å². The highest BCUT2D eigenvalue weighted by Gasteiger charge is 2.07. The summed E-state index contributed by atoms with van der Waals surface area (Å²) in [5, 5.41) is 12.3. The average Bonchev–Trinajstić information content (AvgIpc) is 2.42. The Balaban J connectivity index is 2.19. The molecule has 0 saturated carbocycles. The number of aliphatic hydroxyl groups is 1.